The number of aldehydes is 1. The van der Waals surface area contributed by atoms with Gasteiger partial charge in [0.15, 0.2) is 6.29 Å². The Balaban J connectivity index is 1.85. The van der Waals surface area contributed by atoms with E-state index < -0.39 is 0 Å². The second-order valence-electron chi connectivity index (χ2n) is 5.54. The third kappa shape index (κ3) is 3.02. The van der Waals surface area contributed by atoms with Crippen LogP contribution >= 0.6 is 0 Å². The molecule has 1 aromatic heterocycles. The van der Waals surface area contributed by atoms with Crippen LogP contribution in [0.5, 0.6) is 0 Å². The Hall–Kier alpha value is -2.20. The fourth-order valence-corrected chi connectivity index (χ4v) is 2.89. The number of nitrogens with zero attached hydrogens (tertiary/aromatic N) is 3. The number of benzene rings is 1. The smallest absolute Gasteiger partial charge is 0.153 e. The maximum Gasteiger partial charge on any atom is 0.153 e. The molecule has 22 heavy (non-hydrogen) atoms. The SMILES string of the molecule is CCN1CCN(c2ncc(-c3ccccc3)cc2C=O)CC1. The molecular formula is C18H21N3O. The zero-order chi connectivity index (χ0) is 15.4. The first-order valence-corrected chi connectivity index (χ1v) is 7.79. The summed E-state index contributed by atoms with van der Waals surface area (Å²) < 4.78 is 0. The molecule has 4 nitrogen and oxygen atoms in total. The number of pyridine rings is 1. The molecule has 1 saturated heterocycles. The average molecular weight is 295 g/mol. The summed E-state index contributed by atoms with van der Waals surface area (Å²) in [6.07, 6.45) is 2.78. The van der Waals surface area contributed by atoms with E-state index in [-0.39, 0.29) is 0 Å². The summed E-state index contributed by atoms with van der Waals surface area (Å²) in [5.74, 6) is 0.811. The van der Waals surface area contributed by atoms with Gasteiger partial charge in [0.2, 0.25) is 0 Å². The number of piperazine rings is 1. The van der Waals surface area contributed by atoms with Crippen LogP contribution in [0.4, 0.5) is 5.82 Å². The Labute approximate surface area is 131 Å². The van der Waals surface area contributed by atoms with Gasteiger partial charge in [-0.3, -0.25) is 4.79 Å². The molecule has 1 fully saturated rings. The molecule has 0 radical (unpaired) electrons. The molecule has 2 heterocycles. The van der Waals surface area contributed by atoms with E-state index >= 15 is 0 Å². The molecule has 0 bridgehead atoms. The fourth-order valence-electron chi connectivity index (χ4n) is 2.89. The average Bonchev–Trinajstić information content (AvgIpc) is 2.62. The van der Waals surface area contributed by atoms with Crippen molar-refractivity contribution < 1.29 is 4.79 Å². The highest BCUT2D eigenvalue weighted by Gasteiger charge is 2.19. The minimum absolute atomic E-state index is 0.673. The standard InChI is InChI=1S/C18H21N3O/c1-2-20-8-10-21(11-9-20)18-17(14-22)12-16(13-19-18)15-6-4-3-5-7-15/h3-7,12-14H,2,8-11H2,1H3. The first-order valence-electron chi connectivity index (χ1n) is 7.79. The summed E-state index contributed by atoms with van der Waals surface area (Å²) >= 11 is 0. The van der Waals surface area contributed by atoms with Crippen molar-refractivity contribution in [3.8, 4) is 11.1 Å². The van der Waals surface area contributed by atoms with Crippen LogP contribution in [0.25, 0.3) is 11.1 Å². The number of hydrogen-bond acceptors (Lipinski definition) is 4. The van der Waals surface area contributed by atoms with Crippen LogP contribution < -0.4 is 4.90 Å². The highest BCUT2D eigenvalue weighted by Crippen LogP contribution is 2.24. The van der Waals surface area contributed by atoms with Crippen molar-refractivity contribution in [1.29, 1.82) is 0 Å². The van der Waals surface area contributed by atoms with Gasteiger partial charge in [-0.15, -0.1) is 0 Å². The van der Waals surface area contributed by atoms with Crippen molar-refractivity contribution in [1.82, 2.24) is 9.88 Å². The molecule has 3 rings (SSSR count). The maximum atomic E-state index is 11.5. The molecule has 0 N–H and O–H groups in total. The van der Waals surface area contributed by atoms with Crippen molar-refractivity contribution in [2.24, 2.45) is 0 Å². The summed E-state index contributed by atoms with van der Waals surface area (Å²) in [5, 5.41) is 0. The van der Waals surface area contributed by atoms with Crippen LogP contribution in [0, 0.1) is 0 Å². The highest BCUT2D eigenvalue weighted by atomic mass is 16.1. The largest absolute Gasteiger partial charge is 0.353 e. The summed E-state index contributed by atoms with van der Waals surface area (Å²) in [6, 6.07) is 12.0. The monoisotopic (exact) mass is 295 g/mol. The number of likely N-dealkylation sites (N-methyl/N-ethyl adjacent to an activating group) is 1. The topological polar surface area (TPSA) is 36.4 Å². The van der Waals surface area contributed by atoms with E-state index in [9.17, 15) is 4.79 Å². The molecule has 114 valence electrons. The zero-order valence-electron chi connectivity index (χ0n) is 12.9. The zero-order valence-corrected chi connectivity index (χ0v) is 12.9. The molecule has 0 unspecified atom stereocenters. The van der Waals surface area contributed by atoms with Crippen molar-refractivity contribution in [3.05, 3.63) is 48.2 Å². The lowest BCUT2D eigenvalue weighted by atomic mass is 10.1. The fraction of sp³-hybridized carbons (Fsp3) is 0.333. The van der Waals surface area contributed by atoms with Crippen molar-refractivity contribution >= 4 is 12.1 Å². The Kier molecular flexibility index (Phi) is 4.49. The first-order chi connectivity index (χ1) is 10.8. The maximum absolute atomic E-state index is 11.5. The lowest BCUT2D eigenvalue weighted by molar-refractivity contribution is 0.112. The van der Waals surface area contributed by atoms with Crippen LogP contribution in [0.15, 0.2) is 42.6 Å². The van der Waals surface area contributed by atoms with Crippen LogP contribution in [-0.2, 0) is 0 Å². The third-order valence-electron chi connectivity index (χ3n) is 4.25. The van der Waals surface area contributed by atoms with Crippen LogP contribution in [0.3, 0.4) is 0 Å². The number of rotatable bonds is 4. The normalized spacial score (nSPS) is 15.8. The van der Waals surface area contributed by atoms with E-state index in [1.54, 1.807) is 0 Å². The van der Waals surface area contributed by atoms with Crippen LogP contribution in [0.1, 0.15) is 17.3 Å². The van der Waals surface area contributed by atoms with Crippen molar-refractivity contribution in [2.45, 2.75) is 6.92 Å². The second-order valence-corrected chi connectivity index (χ2v) is 5.54. The quantitative estimate of drug-likeness (QED) is 0.813. The predicted octanol–water partition coefficient (Wildman–Crippen LogP) is 2.70. The lowest BCUT2D eigenvalue weighted by Crippen LogP contribution is -2.46. The molecule has 4 heteroatoms. The van der Waals surface area contributed by atoms with E-state index in [1.165, 1.54) is 0 Å². The third-order valence-corrected chi connectivity index (χ3v) is 4.25. The molecule has 1 aliphatic heterocycles. The molecule has 0 spiro atoms. The Morgan fingerprint density at radius 2 is 1.82 bits per heavy atom. The van der Waals surface area contributed by atoms with Gasteiger partial charge in [-0.25, -0.2) is 4.98 Å². The molecular weight excluding hydrogens is 274 g/mol. The van der Waals surface area contributed by atoms with Gasteiger partial charge in [0.1, 0.15) is 5.82 Å². The number of aromatic nitrogens is 1. The van der Waals surface area contributed by atoms with E-state index in [2.05, 4.69) is 21.7 Å². The molecule has 2 aromatic rings. The molecule has 1 aromatic carbocycles. The second kappa shape index (κ2) is 6.71. The van der Waals surface area contributed by atoms with E-state index in [1.807, 2.05) is 42.6 Å². The summed E-state index contributed by atoms with van der Waals surface area (Å²) in [5.41, 5.74) is 2.74. The Morgan fingerprint density at radius 1 is 1.09 bits per heavy atom. The van der Waals surface area contributed by atoms with Crippen molar-refractivity contribution in [2.75, 3.05) is 37.6 Å². The summed E-state index contributed by atoms with van der Waals surface area (Å²) in [6.45, 7) is 7.15. The molecule has 0 atom stereocenters. The number of carbonyl (C=O) groups is 1. The summed E-state index contributed by atoms with van der Waals surface area (Å²) in [4.78, 5) is 20.7. The van der Waals surface area contributed by atoms with Gasteiger partial charge in [0, 0.05) is 37.9 Å². The van der Waals surface area contributed by atoms with Gasteiger partial charge in [0.05, 0.1) is 5.56 Å². The number of carbonyl (C=O) groups excluding carboxylic acids is 1. The number of anilines is 1. The van der Waals surface area contributed by atoms with E-state index in [0.29, 0.717) is 5.56 Å². The minimum Gasteiger partial charge on any atom is -0.353 e. The Bertz CT molecular complexity index is 634. The van der Waals surface area contributed by atoms with Gasteiger partial charge in [-0.1, -0.05) is 37.3 Å². The highest BCUT2D eigenvalue weighted by molar-refractivity contribution is 5.85. The van der Waals surface area contributed by atoms with E-state index in [4.69, 9.17) is 0 Å². The van der Waals surface area contributed by atoms with Gasteiger partial charge >= 0.3 is 0 Å². The van der Waals surface area contributed by atoms with Crippen LogP contribution in [-0.4, -0.2) is 48.9 Å². The van der Waals surface area contributed by atoms with Crippen molar-refractivity contribution in [3.63, 3.8) is 0 Å². The number of hydrogen-bond donors (Lipinski definition) is 0. The molecule has 0 aliphatic carbocycles. The first kappa shape index (κ1) is 14.7. The molecule has 1 aliphatic rings. The molecule has 0 saturated carbocycles. The predicted molar refractivity (Wildman–Crippen MR) is 89.4 cm³/mol. The summed E-state index contributed by atoms with van der Waals surface area (Å²) in [7, 11) is 0. The minimum atomic E-state index is 0.673. The Morgan fingerprint density at radius 3 is 2.45 bits per heavy atom. The lowest BCUT2D eigenvalue weighted by Gasteiger charge is -2.35. The van der Waals surface area contributed by atoms with Crippen LogP contribution in [0.2, 0.25) is 0 Å². The molecule has 0 amide bonds. The van der Waals surface area contributed by atoms with Gasteiger partial charge in [-0.2, -0.15) is 0 Å². The van der Waals surface area contributed by atoms with Gasteiger partial charge in [0.25, 0.3) is 0 Å². The van der Waals surface area contributed by atoms with Gasteiger partial charge < -0.3 is 9.80 Å². The van der Waals surface area contributed by atoms with Gasteiger partial charge in [-0.05, 0) is 18.2 Å². The van der Waals surface area contributed by atoms with E-state index in [0.717, 1.165) is 56.0 Å².